The van der Waals surface area contributed by atoms with Crippen LogP contribution in [0.4, 0.5) is 0 Å². The lowest BCUT2D eigenvalue weighted by atomic mass is 9.93. The standard InChI is InChI=1S/C12H16N2O5S/c1-12(2,11(13)17)7-14-20(18,19)9-5-3-8(4-6-9)10(15)16/h3-6,14H,7H2,1-2H3,(H2,13,17)(H,15,16). The smallest absolute Gasteiger partial charge is 0.335 e. The third kappa shape index (κ3) is 3.78. The second-order valence-corrected chi connectivity index (χ2v) is 6.67. The molecule has 0 radical (unpaired) electrons. The summed E-state index contributed by atoms with van der Waals surface area (Å²) in [4.78, 5) is 21.7. The first-order valence-electron chi connectivity index (χ1n) is 5.69. The molecule has 0 aliphatic carbocycles. The number of amides is 1. The van der Waals surface area contributed by atoms with Crippen LogP contribution in [-0.4, -0.2) is 31.9 Å². The Balaban J connectivity index is 2.89. The molecule has 0 unspecified atom stereocenters. The molecule has 0 spiro atoms. The molecule has 1 amide bonds. The summed E-state index contributed by atoms with van der Waals surface area (Å²) in [6, 6.07) is 4.75. The Morgan fingerprint density at radius 2 is 1.75 bits per heavy atom. The number of carboxylic acids is 1. The zero-order chi connectivity index (χ0) is 15.6. The molecule has 0 bridgehead atoms. The molecule has 8 heteroatoms. The van der Waals surface area contributed by atoms with Crippen molar-refractivity contribution in [2.24, 2.45) is 11.1 Å². The minimum atomic E-state index is -3.82. The Labute approximate surface area is 116 Å². The van der Waals surface area contributed by atoms with Crippen molar-refractivity contribution in [3.8, 4) is 0 Å². The zero-order valence-electron chi connectivity index (χ0n) is 11.1. The highest BCUT2D eigenvalue weighted by atomic mass is 32.2. The quantitative estimate of drug-likeness (QED) is 0.690. The molecule has 7 nitrogen and oxygen atoms in total. The minimum Gasteiger partial charge on any atom is -0.478 e. The second kappa shape index (κ2) is 5.59. The van der Waals surface area contributed by atoms with Crippen LogP contribution in [0.25, 0.3) is 0 Å². The molecular formula is C12H16N2O5S. The van der Waals surface area contributed by atoms with Crippen molar-refractivity contribution in [1.29, 1.82) is 0 Å². The molecule has 0 saturated carbocycles. The van der Waals surface area contributed by atoms with E-state index in [9.17, 15) is 18.0 Å². The summed E-state index contributed by atoms with van der Waals surface area (Å²) in [6.07, 6.45) is 0. The van der Waals surface area contributed by atoms with Gasteiger partial charge in [-0.2, -0.15) is 0 Å². The highest BCUT2D eigenvalue weighted by Gasteiger charge is 2.27. The van der Waals surface area contributed by atoms with Crippen LogP contribution in [0.2, 0.25) is 0 Å². The molecule has 1 aromatic carbocycles. The van der Waals surface area contributed by atoms with Gasteiger partial charge in [0.1, 0.15) is 0 Å². The summed E-state index contributed by atoms with van der Waals surface area (Å²) in [5.41, 5.74) is 4.12. The van der Waals surface area contributed by atoms with Gasteiger partial charge in [0, 0.05) is 6.54 Å². The van der Waals surface area contributed by atoms with E-state index in [0.29, 0.717) is 0 Å². The first-order valence-corrected chi connectivity index (χ1v) is 7.17. The molecule has 0 atom stereocenters. The molecule has 1 aromatic rings. The van der Waals surface area contributed by atoms with Gasteiger partial charge in [-0.15, -0.1) is 0 Å². The van der Waals surface area contributed by atoms with E-state index in [1.54, 1.807) is 0 Å². The van der Waals surface area contributed by atoms with E-state index in [2.05, 4.69) is 4.72 Å². The van der Waals surface area contributed by atoms with Crippen molar-refractivity contribution in [3.05, 3.63) is 29.8 Å². The molecule has 1 rings (SSSR count). The minimum absolute atomic E-state index is 0.0126. The number of hydrogen-bond acceptors (Lipinski definition) is 4. The Morgan fingerprint density at radius 1 is 1.25 bits per heavy atom. The summed E-state index contributed by atoms with van der Waals surface area (Å²) in [6.45, 7) is 2.89. The van der Waals surface area contributed by atoms with E-state index in [0.717, 1.165) is 0 Å². The molecule has 0 aromatic heterocycles. The normalized spacial score (nSPS) is 12.1. The lowest BCUT2D eigenvalue weighted by Gasteiger charge is -2.20. The van der Waals surface area contributed by atoms with Gasteiger partial charge < -0.3 is 10.8 Å². The first-order chi connectivity index (χ1) is 9.06. The first kappa shape index (κ1) is 16.1. The van der Waals surface area contributed by atoms with Crippen molar-refractivity contribution in [3.63, 3.8) is 0 Å². The van der Waals surface area contributed by atoms with Gasteiger partial charge in [0.25, 0.3) is 0 Å². The number of carbonyl (C=O) groups is 2. The SMILES string of the molecule is CC(C)(CNS(=O)(=O)c1ccc(C(=O)O)cc1)C(N)=O. The number of hydrogen-bond donors (Lipinski definition) is 3. The lowest BCUT2D eigenvalue weighted by molar-refractivity contribution is -0.125. The average Bonchev–Trinajstić information content (AvgIpc) is 2.36. The number of carboxylic acid groups (broad SMARTS) is 1. The maximum Gasteiger partial charge on any atom is 0.335 e. The van der Waals surface area contributed by atoms with Crippen molar-refractivity contribution in [2.45, 2.75) is 18.7 Å². The summed E-state index contributed by atoms with van der Waals surface area (Å²) in [5.74, 6) is -1.77. The predicted octanol–water partition coefficient (Wildman–Crippen LogP) is 0.175. The average molecular weight is 300 g/mol. The largest absolute Gasteiger partial charge is 0.478 e. The highest BCUT2D eigenvalue weighted by Crippen LogP contribution is 2.15. The fourth-order valence-electron chi connectivity index (χ4n) is 1.22. The van der Waals surface area contributed by atoms with E-state index in [-0.39, 0.29) is 17.0 Å². The number of nitrogens with two attached hydrogens (primary N) is 1. The van der Waals surface area contributed by atoms with Crippen LogP contribution in [0, 0.1) is 5.41 Å². The molecule has 4 N–H and O–H groups in total. The summed E-state index contributed by atoms with van der Waals surface area (Å²) in [5, 5.41) is 8.73. The van der Waals surface area contributed by atoms with Crippen LogP contribution in [0.5, 0.6) is 0 Å². The van der Waals surface area contributed by atoms with E-state index < -0.39 is 27.3 Å². The molecule has 110 valence electrons. The van der Waals surface area contributed by atoms with Crippen molar-refractivity contribution in [1.82, 2.24) is 4.72 Å². The van der Waals surface area contributed by atoms with Gasteiger partial charge in [-0.1, -0.05) is 0 Å². The molecule has 0 fully saturated rings. The Kier molecular flexibility index (Phi) is 4.51. The van der Waals surface area contributed by atoms with Crippen LogP contribution >= 0.6 is 0 Å². The van der Waals surface area contributed by atoms with E-state index >= 15 is 0 Å². The number of primary amides is 1. The highest BCUT2D eigenvalue weighted by molar-refractivity contribution is 7.89. The fraction of sp³-hybridized carbons (Fsp3) is 0.333. The maximum absolute atomic E-state index is 12.0. The number of rotatable bonds is 6. The Morgan fingerprint density at radius 3 is 2.15 bits per heavy atom. The number of benzene rings is 1. The van der Waals surface area contributed by atoms with Gasteiger partial charge in [-0.3, -0.25) is 4.79 Å². The number of nitrogens with one attached hydrogen (secondary N) is 1. The lowest BCUT2D eigenvalue weighted by Crippen LogP contribution is -2.42. The number of aromatic carboxylic acids is 1. The molecule has 0 heterocycles. The number of carbonyl (C=O) groups excluding carboxylic acids is 1. The van der Waals surface area contributed by atoms with Gasteiger partial charge in [-0.05, 0) is 38.1 Å². The van der Waals surface area contributed by atoms with Crippen molar-refractivity contribution < 1.29 is 23.1 Å². The topological polar surface area (TPSA) is 127 Å². The van der Waals surface area contributed by atoms with E-state index in [4.69, 9.17) is 10.8 Å². The molecule has 20 heavy (non-hydrogen) atoms. The van der Waals surface area contributed by atoms with Gasteiger partial charge in [0.2, 0.25) is 15.9 Å². The third-order valence-electron chi connectivity index (χ3n) is 2.78. The van der Waals surface area contributed by atoms with E-state index in [1.165, 1.54) is 38.1 Å². The maximum atomic E-state index is 12.0. The van der Waals surface area contributed by atoms with Crippen LogP contribution in [-0.2, 0) is 14.8 Å². The van der Waals surface area contributed by atoms with Gasteiger partial charge in [-0.25, -0.2) is 17.9 Å². The molecule has 0 saturated heterocycles. The third-order valence-corrected chi connectivity index (χ3v) is 4.20. The number of sulfonamides is 1. The molecular weight excluding hydrogens is 284 g/mol. The predicted molar refractivity (Wildman–Crippen MR) is 71.6 cm³/mol. The molecule has 0 aliphatic rings. The second-order valence-electron chi connectivity index (χ2n) is 4.90. The van der Waals surface area contributed by atoms with Gasteiger partial charge in [0.15, 0.2) is 0 Å². The van der Waals surface area contributed by atoms with Crippen LogP contribution in [0.3, 0.4) is 0 Å². The Bertz CT molecular complexity index is 620. The molecule has 0 aliphatic heterocycles. The van der Waals surface area contributed by atoms with Crippen molar-refractivity contribution in [2.75, 3.05) is 6.54 Å². The fourth-order valence-corrected chi connectivity index (χ4v) is 2.43. The monoisotopic (exact) mass is 300 g/mol. The summed E-state index contributed by atoms with van der Waals surface area (Å²) in [7, 11) is -3.82. The van der Waals surface area contributed by atoms with Gasteiger partial charge >= 0.3 is 5.97 Å². The van der Waals surface area contributed by atoms with Crippen LogP contribution in [0.15, 0.2) is 29.2 Å². The van der Waals surface area contributed by atoms with Gasteiger partial charge in [0.05, 0.1) is 15.9 Å². The summed E-state index contributed by atoms with van der Waals surface area (Å²) < 4.78 is 26.2. The summed E-state index contributed by atoms with van der Waals surface area (Å²) >= 11 is 0. The Hall–Kier alpha value is -1.93. The van der Waals surface area contributed by atoms with Crippen LogP contribution in [0.1, 0.15) is 24.2 Å². The van der Waals surface area contributed by atoms with E-state index in [1.807, 2.05) is 0 Å². The zero-order valence-corrected chi connectivity index (χ0v) is 11.9. The van der Waals surface area contributed by atoms with Crippen LogP contribution < -0.4 is 10.5 Å². The van der Waals surface area contributed by atoms with Crippen molar-refractivity contribution >= 4 is 21.9 Å².